The van der Waals surface area contributed by atoms with Crippen molar-refractivity contribution >= 4 is 5.57 Å². The fourth-order valence-electron chi connectivity index (χ4n) is 4.14. The first-order chi connectivity index (χ1) is 10.7. The summed E-state index contributed by atoms with van der Waals surface area (Å²) in [6, 6.07) is 10.8. The second-order valence-electron chi connectivity index (χ2n) is 7.21. The number of allylic oxidation sites excluding steroid dienone is 6. The van der Waals surface area contributed by atoms with Gasteiger partial charge in [0, 0.05) is 0 Å². The van der Waals surface area contributed by atoms with Crippen LogP contribution in [0.3, 0.4) is 0 Å². The molecule has 0 bridgehead atoms. The molecule has 1 saturated carbocycles. The van der Waals surface area contributed by atoms with E-state index in [4.69, 9.17) is 0 Å². The van der Waals surface area contributed by atoms with Crippen molar-refractivity contribution in [1.29, 1.82) is 0 Å². The van der Waals surface area contributed by atoms with E-state index in [0.29, 0.717) is 5.41 Å². The molecule has 2 aliphatic carbocycles. The van der Waals surface area contributed by atoms with Gasteiger partial charge in [-0.15, -0.1) is 0 Å². The van der Waals surface area contributed by atoms with E-state index in [1.54, 1.807) is 0 Å². The van der Waals surface area contributed by atoms with Crippen molar-refractivity contribution in [2.75, 3.05) is 0 Å². The zero-order valence-corrected chi connectivity index (χ0v) is 14.0. The van der Waals surface area contributed by atoms with Crippen LogP contribution in [-0.4, -0.2) is 0 Å². The molecule has 0 aromatic heterocycles. The molecule has 1 atom stereocenters. The lowest BCUT2D eigenvalue weighted by atomic mass is 9.64. The summed E-state index contributed by atoms with van der Waals surface area (Å²) in [5.41, 5.74) is 3.09. The maximum absolute atomic E-state index is 2.50. The van der Waals surface area contributed by atoms with Crippen molar-refractivity contribution < 1.29 is 0 Å². The van der Waals surface area contributed by atoms with Crippen molar-refractivity contribution in [3.8, 4) is 0 Å². The molecule has 1 aromatic rings. The SMILES string of the molecule is CC=CC1CCC(C2(C)C=CC(c3ccccc3)=CC2)CC1. The average Bonchev–Trinajstić information content (AvgIpc) is 2.57. The van der Waals surface area contributed by atoms with Gasteiger partial charge in [0.2, 0.25) is 0 Å². The minimum Gasteiger partial charge on any atom is -0.0914 e. The Morgan fingerprint density at radius 3 is 2.36 bits per heavy atom. The van der Waals surface area contributed by atoms with Gasteiger partial charge >= 0.3 is 0 Å². The summed E-state index contributed by atoms with van der Waals surface area (Å²) in [5.74, 6) is 1.67. The third-order valence-electron chi connectivity index (χ3n) is 5.68. The Labute approximate surface area is 135 Å². The molecule has 0 heteroatoms. The Morgan fingerprint density at radius 1 is 1.05 bits per heavy atom. The van der Waals surface area contributed by atoms with E-state index in [2.05, 4.69) is 74.6 Å². The van der Waals surface area contributed by atoms with E-state index in [1.807, 2.05) is 0 Å². The monoisotopic (exact) mass is 292 g/mol. The molecule has 0 aliphatic heterocycles. The Morgan fingerprint density at radius 2 is 1.77 bits per heavy atom. The summed E-state index contributed by atoms with van der Waals surface area (Å²) in [7, 11) is 0. The van der Waals surface area contributed by atoms with Crippen LogP contribution in [0.2, 0.25) is 0 Å². The van der Waals surface area contributed by atoms with Crippen LogP contribution in [-0.2, 0) is 0 Å². The summed E-state index contributed by atoms with van der Waals surface area (Å²) in [5, 5.41) is 0. The van der Waals surface area contributed by atoms with Crippen molar-refractivity contribution in [1.82, 2.24) is 0 Å². The van der Waals surface area contributed by atoms with Gasteiger partial charge in [0.1, 0.15) is 0 Å². The first kappa shape index (κ1) is 15.3. The molecule has 116 valence electrons. The molecule has 0 nitrogen and oxygen atoms in total. The lowest BCUT2D eigenvalue weighted by molar-refractivity contribution is 0.173. The van der Waals surface area contributed by atoms with Gasteiger partial charge in [-0.05, 0) is 67.4 Å². The molecule has 2 aliphatic rings. The molecule has 0 heterocycles. The van der Waals surface area contributed by atoms with Gasteiger partial charge in [0.25, 0.3) is 0 Å². The zero-order valence-electron chi connectivity index (χ0n) is 14.0. The minimum atomic E-state index is 0.360. The quantitative estimate of drug-likeness (QED) is 0.564. The third kappa shape index (κ3) is 3.27. The summed E-state index contributed by atoms with van der Waals surface area (Å²) in [4.78, 5) is 0. The Hall–Kier alpha value is -1.56. The standard InChI is InChI=1S/C22H28/c1-3-7-18-10-12-21(13-11-18)22(2)16-14-20(15-17-22)19-8-5-4-6-9-19/h3-9,14-16,18,21H,10-13,17H2,1-2H3. The van der Waals surface area contributed by atoms with Gasteiger partial charge in [0.05, 0.1) is 0 Å². The van der Waals surface area contributed by atoms with Crippen LogP contribution >= 0.6 is 0 Å². The summed E-state index contributed by atoms with van der Waals surface area (Å²) in [6.07, 6.45) is 18.6. The van der Waals surface area contributed by atoms with Gasteiger partial charge in [0.15, 0.2) is 0 Å². The molecule has 22 heavy (non-hydrogen) atoms. The number of hydrogen-bond acceptors (Lipinski definition) is 0. The topological polar surface area (TPSA) is 0 Å². The van der Waals surface area contributed by atoms with Crippen LogP contribution < -0.4 is 0 Å². The number of rotatable bonds is 3. The zero-order chi connectivity index (χ0) is 15.4. The molecule has 0 spiro atoms. The largest absolute Gasteiger partial charge is 0.0914 e. The predicted molar refractivity (Wildman–Crippen MR) is 96.5 cm³/mol. The lowest BCUT2D eigenvalue weighted by Gasteiger charge is -2.40. The normalized spacial score (nSPS) is 32.2. The van der Waals surface area contributed by atoms with Gasteiger partial charge in [-0.25, -0.2) is 0 Å². The van der Waals surface area contributed by atoms with Crippen LogP contribution in [0.15, 0.2) is 60.7 Å². The second kappa shape index (κ2) is 6.69. The maximum atomic E-state index is 2.50. The highest BCUT2D eigenvalue weighted by Gasteiger charge is 2.34. The predicted octanol–water partition coefficient (Wildman–Crippen LogP) is 6.42. The van der Waals surface area contributed by atoms with E-state index in [0.717, 1.165) is 11.8 Å². The number of hydrogen-bond donors (Lipinski definition) is 0. The molecule has 0 saturated heterocycles. The van der Waals surface area contributed by atoms with Crippen molar-refractivity contribution in [3.05, 3.63) is 66.3 Å². The molecule has 0 N–H and O–H groups in total. The fraction of sp³-hybridized carbons (Fsp3) is 0.455. The average molecular weight is 292 g/mol. The van der Waals surface area contributed by atoms with Crippen LogP contribution in [0, 0.1) is 17.3 Å². The summed E-state index contributed by atoms with van der Waals surface area (Å²) >= 11 is 0. The second-order valence-corrected chi connectivity index (χ2v) is 7.21. The first-order valence-corrected chi connectivity index (χ1v) is 8.79. The summed E-state index contributed by atoms with van der Waals surface area (Å²) < 4.78 is 0. The highest BCUT2D eigenvalue weighted by Crippen LogP contribution is 2.46. The van der Waals surface area contributed by atoms with E-state index in [1.165, 1.54) is 43.2 Å². The van der Waals surface area contributed by atoms with Crippen molar-refractivity contribution in [2.24, 2.45) is 17.3 Å². The van der Waals surface area contributed by atoms with Crippen LogP contribution in [0.25, 0.3) is 5.57 Å². The molecule has 1 aromatic carbocycles. The Balaban J connectivity index is 1.65. The highest BCUT2D eigenvalue weighted by molar-refractivity contribution is 5.75. The summed E-state index contributed by atoms with van der Waals surface area (Å²) in [6.45, 7) is 4.61. The van der Waals surface area contributed by atoms with E-state index >= 15 is 0 Å². The van der Waals surface area contributed by atoms with E-state index < -0.39 is 0 Å². The van der Waals surface area contributed by atoms with Crippen LogP contribution in [0.1, 0.15) is 51.5 Å². The van der Waals surface area contributed by atoms with Crippen LogP contribution in [0.5, 0.6) is 0 Å². The fourth-order valence-corrected chi connectivity index (χ4v) is 4.14. The van der Waals surface area contributed by atoms with Crippen LogP contribution in [0.4, 0.5) is 0 Å². The molecule has 3 rings (SSSR count). The molecule has 1 fully saturated rings. The van der Waals surface area contributed by atoms with Crippen molar-refractivity contribution in [3.63, 3.8) is 0 Å². The van der Waals surface area contributed by atoms with Gasteiger partial charge in [-0.1, -0.05) is 67.6 Å². The molecular formula is C22H28. The lowest BCUT2D eigenvalue weighted by Crippen LogP contribution is -2.29. The van der Waals surface area contributed by atoms with E-state index in [9.17, 15) is 0 Å². The third-order valence-corrected chi connectivity index (χ3v) is 5.68. The molecule has 1 unspecified atom stereocenters. The highest BCUT2D eigenvalue weighted by atomic mass is 14.4. The van der Waals surface area contributed by atoms with Gasteiger partial charge in [-0.2, -0.15) is 0 Å². The van der Waals surface area contributed by atoms with E-state index in [-0.39, 0.29) is 0 Å². The molecular weight excluding hydrogens is 264 g/mol. The Bertz CT molecular complexity index is 567. The van der Waals surface area contributed by atoms with Gasteiger partial charge in [-0.3, -0.25) is 0 Å². The van der Waals surface area contributed by atoms with Crippen molar-refractivity contribution in [2.45, 2.75) is 46.0 Å². The minimum absolute atomic E-state index is 0.360. The first-order valence-electron chi connectivity index (χ1n) is 8.79. The number of benzene rings is 1. The Kier molecular flexibility index (Phi) is 4.66. The molecule has 0 amide bonds. The molecule has 0 radical (unpaired) electrons. The smallest absolute Gasteiger partial charge is 0.00802 e. The maximum Gasteiger partial charge on any atom is -0.00802 e. The van der Waals surface area contributed by atoms with Gasteiger partial charge < -0.3 is 0 Å².